The Morgan fingerprint density at radius 2 is 1.86 bits per heavy atom. The van der Waals surface area contributed by atoms with Gasteiger partial charge in [0.1, 0.15) is 4.60 Å². The lowest BCUT2D eigenvalue weighted by atomic mass is 10.1. The van der Waals surface area contributed by atoms with Gasteiger partial charge in [-0.25, -0.2) is 9.97 Å². The molecule has 1 amide bonds. The number of anilines is 1. The van der Waals surface area contributed by atoms with Gasteiger partial charge in [0.2, 0.25) is 5.91 Å². The zero-order valence-corrected chi connectivity index (χ0v) is 12.7. The zero-order valence-electron chi connectivity index (χ0n) is 11.1. The van der Waals surface area contributed by atoms with Crippen molar-refractivity contribution in [3.63, 3.8) is 0 Å². The Bertz CT molecular complexity index is 787. The van der Waals surface area contributed by atoms with E-state index >= 15 is 0 Å². The molecule has 21 heavy (non-hydrogen) atoms. The number of halogens is 1. The van der Waals surface area contributed by atoms with Crippen molar-refractivity contribution in [2.45, 2.75) is 6.42 Å². The van der Waals surface area contributed by atoms with Crippen molar-refractivity contribution in [1.82, 2.24) is 9.97 Å². The van der Waals surface area contributed by atoms with Gasteiger partial charge in [0.25, 0.3) is 0 Å². The predicted molar refractivity (Wildman–Crippen MR) is 86.0 cm³/mol. The molecule has 3 aromatic rings. The minimum Gasteiger partial charge on any atom is -0.309 e. The van der Waals surface area contributed by atoms with Crippen LogP contribution in [0.1, 0.15) is 5.56 Å². The molecular weight excluding hydrogens is 330 g/mol. The van der Waals surface area contributed by atoms with Crippen molar-refractivity contribution in [2.24, 2.45) is 0 Å². The van der Waals surface area contributed by atoms with Crippen LogP contribution in [0.25, 0.3) is 10.8 Å². The molecule has 0 bridgehead atoms. The lowest BCUT2D eigenvalue weighted by molar-refractivity contribution is -0.115. The molecule has 0 aliphatic carbocycles. The monoisotopic (exact) mass is 341 g/mol. The Hall–Kier alpha value is -2.27. The summed E-state index contributed by atoms with van der Waals surface area (Å²) in [5, 5.41) is 5.03. The summed E-state index contributed by atoms with van der Waals surface area (Å²) in [5.41, 5.74) is 0.969. The van der Waals surface area contributed by atoms with Gasteiger partial charge in [-0.3, -0.25) is 4.79 Å². The highest BCUT2D eigenvalue weighted by molar-refractivity contribution is 9.10. The minimum absolute atomic E-state index is 0.109. The van der Waals surface area contributed by atoms with E-state index in [0.717, 1.165) is 10.9 Å². The van der Waals surface area contributed by atoms with Crippen LogP contribution in [-0.2, 0) is 11.2 Å². The Morgan fingerprint density at radius 3 is 2.62 bits per heavy atom. The van der Waals surface area contributed by atoms with Crippen molar-refractivity contribution < 1.29 is 4.79 Å². The van der Waals surface area contributed by atoms with Crippen LogP contribution in [0, 0.1) is 0 Å². The third-order valence-corrected chi connectivity index (χ3v) is 3.48. The quantitative estimate of drug-likeness (QED) is 0.792. The SMILES string of the molecule is O=C(Cc1ccc2ccccc2c1)Nc1cnc(Br)cn1. The third-order valence-electron chi connectivity index (χ3n) is 3.07. The summed E-state index contributed by atoms with van der Waals surface area (Å²) < 4.78 is 0.634. The first kappa shape index (κ1) is 13.7. The van der Waals surface area contributed by atoms with Crippen LogP contribution in [0.15, 0.2) is 59.5 Å². The van der Waals surface area contributed by atoms with Gasteiger partial charge in [-0.1, -0.05) is 42.5 Å². The standard InChI is InChI=1S/C16H12BrN3O/c17-14-9-19-15(10-18-14)20-16(21)8-11-5-6-12-3-1-2-4-13(12)7-11/h1-7,9-10H,8H2,(H,19,20,21). The molecule has 0 radical (unpaired) electrons. The third kappa shape index (κ3) is 3.44. The van der Waals surface area contributed by atoms with E-state index in [-0.39, 0.29) is 5.91 Å². The molecule has 1 aromatic heterocycles. The van der Waals surface area contributed by atoms with Crippen LogP contribution in [0.4, 0.5) is 5.82 Å². The summed E-state index contributed by atoms with van der Waals surface area (Å²) in [6, 6.07) is 14.1. The highest BCUT2D eigenvalue weighted by Gasteiger charge is 2.06. The number of hydrogen-bond acceptors (Lipinski definition) is 3. The number of fused-ring (bicyclic) bond motifs is 1. The van der Waals surface area contributed by atoms with Gasteiger partial charge in [-0.05, 0) is 32.3 Å². The molecule has 4 nitrogen and oxygen atoms in total. The number of hydrogen-bond donors (Lipinski definition) is 1. The van der Waals surface area contributed by atoms with E-state index in [1.807, 2.05) is 36.4 Å². The van der Waals surface area contributed by atoms with E-state index in [0.29, 0.717) is 16.8 Å². The molecule has 3 rings (SSSR count). The number of amides is 1. The van der Waals surface area contributed by atoms with Crippen molar-refractivity contribution in [3.8, 4) is 0 Å². The number of carbonyl (C=O) groups is 1. The van der Waals surface area contributed by atoms with Crippen LogP contribution >= 0.6 is 15.9 Å². The van der Waals surface area contributed by atoms with Gasteiger partial charge in [0, 0.05) is 0 Å². The van der Waals surface area contributed by atoms with Gasteiger partial charge >= 0.3 is 0 Å². The fraction of sp³-hybridized carbons (Fsp3) is 0.0625. The first-order chi connectivity index (χ1) is 10.2. The number of rotatable bonds is 3. The number of nitrogens with one attached hydrogen (secondary N) is 1. The summed E-state index contributed by atoms with van der Waals surface area (Å²) in [6.45, 7) is 0. The average Bonchev–Trinajstić information content (AvgIpc) is 2.49. The molecule has 0 saturated heterocycles. The minimum atomic E-state index is -0.109. The van der Waals surface area contributed by atoms with Gasteiger partial charge in [-0.2, -0.15) is 0 Å². The number of benzene rings is 2. The lowest BCUT2D eigenvalue weighted by Gasteiger charge is -2.05. The predicted octanol–water partition coefficient (Wildman–Crippen LogP) is 3.57. The number of carbonyl (C=O) groups excluding carboxylic acids is 1. The fourth-order valence-corrected chi connectivity index (χ4v) is 2.30. The first-order valence-electron chi connectivity index (χ1n) is 6.46. The second-order valence-corrected chi connectivity index (χ2v) is 5.44. The summed E-state index contributed by atoms with van der Waals surface area (Å²) in [5.74, 6) is 0.339. The van der Waals surface area contributed by atoms with E-state index in [4.69, 9.17) is 0 Å². The average molecular weight is 342 g/mol. The molecule has 5 heteroatoms. The molecule has 0 aliphatic rings. The summed E-state index contributed by atoms with van der Waals surface area (Å²) in [6.07, 6.45) is 3.37. The highest BCUT2D eigenvalue weighted by Crippen LogP contribution is 2.16. The smallest absolute Gasteiger partial charge is 0.229 e. The van der Waals surface area contributed by atoms with Crippen LogP contribution in [0.3, 0.4) is 0 Å². The largest absolute Gasteiger partial charge is 0.309 e. The second-order valence-electron chi connectivity index (χ2n) is 4.63. The Labute approximate surface area is 130 Å². The molecule has 0 fully saturated rings. The van der Waals surface area contributed by atoms with E-state index in [2.05, 4.69) is 37.3 Å². The molecule has 1 N–H and O–H groups in total. The number of aromatic nitrogens is 2. The summed E-state index contributed by atoms with van der Waals surface area (Å²) >= 11 is 3.20. The number of nitrogens with zero attached hydrogens (tertiary/aromatic N) is 2. The van der Waals surface area contributed by atoms with Gasteiger partial charge < -0.3 is 5.32 Å². The second kappa shape index (κ2) is 6.01. The van der Waals surface area contributed by atoms with Gasteiger partial charge in [-0.15, -0.1) is 0 Å². The van der Waals surface area contributed by atoms with E-state index in [1.165, 1.54) is 11.6 Å². The van der Waals surface area contributed by atoms with Crippen LogP contribution in [-0.4, -0.2) is 15.9 Å². The van der Waals surface area contributed by atoms with Crippen LogP contribution < -0.4 is 5.32 Å². The first-order valence-corrected chi connectivity index (χ1v) is 7.25. The molecule has 2 aromatic carbocycles. The molecule has 0 unspecified atom stereocenters. The van der Waals surface area contributed by atoms with E-state index in [9.17, 15) is 4.79 Å². The molecule has 104 valence electrons. The maximum absolute atomic E-state index is 12.0. The van der Waals surface area contributed by atoms with Crippen molar-refractivity contribution >= 4 is 38.4 Å². The normalized spacial score (nSPS) is 10.5. The fourth-order valence-electron chi connectivity index (χ4n) is 2.10. The zero-order chi connectivity index (χ0) is 14.7. The van der Waals surface area contributed by atoms with Crippen molar-refractivity contribution in [1.29, 1.82) is 0 Å². The summed E-state index contributed by atoms with van der Waals surface area (Å²) in [4.78, 5) is 20.1. The van der Waals surface area contributed by atoms with Crippen LogP contribution in [0.5, 0.6) is 0 Å². The van der Waals surface area contributed by atoms with Gasteiger partial charge in [0.05, 0.1) is 18.8 Å². The summed E-state index contributed by atoms with van der Waals surface area (Å²) in [7, 11) is 0. The molecule has 0 spiro atoms. The van der Waals surface area contributed by atoms with Crippen LogP contribution in [0.2, 0.25) is 0 Å². The maximum atomic E-state index is 12.0. The maximum Gasteiger partial charge on any atom is 0.229 e. The van der Waals surface area contributed by atoms with Gasteiger partial charge in [0.15, 0.2) is 5.82 Å². The molecule has 0 atom stereocenters. The topological polar surface area (TPSA) is 54.9 Å². The molecule has 0 aliphatic heterocycles. The van der Waals surface area contributed by atoms with Crippen molar-refractivity contribution in [2.75, 3.05) is 5.32 Å². The molecule has 0 saturated carbocycles. The molecular formula is C16H12BrN3O. The Balaban J connectivity index is 1.72. The van der Waals surface area contributed by atoms with Crippen molar-refractivity contribution in [3.05, 3.63) is 65.0 Å². The highest BCUT2D eigenvalue weighted by atomic mass is 79.9. The Morgan fingerprint density at radius 1 is 1.05 bits per heavy atom. The lowest BCUT2D eigenvalue weighted by Crippen LogP contribution is -2.15. The Kier molecular flexibility index (Phi) is 3.92. The van der Waals surface area contributed by atoms with E-state index in [1.54, 1.807) is 6.20 Å². The molecule has 1 heterocycles. The van der Waals surface area contributed by atoms with E-state index < -0.39 is 0 Å².